The minimum Gasteiger partial charge on any atom is -0.289 e. The molecule has 1 aliphatic carbocycles. The number of hydrogen-bond donors (Lipinski definition) is 1. The summed E-state index contributed by atoms with van der Waals surface area (Å²) >= 11 is 0. The number of ketones is 1. The van der Waals surface area contributed by atoms with Crippen molar-refractivity contribution in [3.63, 3.8) is 0 Å². The van der Waals surface area contributed by atoms with Gasteiger partial charge in [-0.3, -0.25) is 14.3 Å². The third-order valence-electron chi connectivity index (χ3n) is 7.54. The van der Waals surface area contributed by atoms with Gasteiger partial charge >= 0.3 is 0 Å². The summed E-state index contributed by atoms with van der Waals surface area (Å²) in [5, 5.41) is 5.26. The van der Waals surface area contributed by atoms with Crippen LogP contribution in [0.4, 0.5) is 5.69 Å². The predicted octanol–water partition coefficient (Wildman–Crippen LogP) is 5.97. The molecule has 0 unspecified atom stereocenters. The number of carbonyl (C=O) groups is 2. The van der Waals surface area contributed by atoms with Crippen LogP contribution < -0.4 is 4.72 Å². The van der Waals surface area contributed by atoms with Crippen LogP contribution in [0.3, 0.4) is 0 Å². The molecule has 7 nitrogen and oxygen atoms in total. The Morgan fingerprint density at radius 3 is 2.13 bits per heavy atom. The van der Waals surface area contributed by atoms with Crippen LogP contribution >= 0.6 is 0 Å². The molecule has 8 heteroatoms. The largest absolute Gasteiger partial charge is 0.289 e. The number of para-hydroxylation sites is 1. The number of carbonyl (C=O) groups excluding carboxylic acids is 2. The molecule has 0 fully saturated rings. The van der Waals surface area contributed by atoms with E-state index in [1.54, 1.807) is 68.4 Å². The highest BCUT2D eigenvalue weighted by Gasteiger charge is 2.31. The lowest BCUT2D eigenvalue weighted by Gasteiger charge is -2.18. The molecule has 0 bridgehead atoms. The Morgan fingerprint density at radius 1 is 0.795 bits per heavy atom. The second-order valence-corrected chi connectivity index (χ2v) is 11.5. The molecule has 0 saturated carbocycles. The first-order valence-electron chi connectivity index (χ1n) is 12.5. The van der Waals surface area contributed by atoms with Crippen LogP contribution in [0, 0.1) is 27.7 Å². The zero-order chi connectivity index (χ0) is 27.6. The third kappa shape index (κ3) is 3.71. The molecule has 0 radical (unpaired) electrons. The lowest BCUT2D eigenvalue weighted by atomic mass is 9.87. The molecule has 0 saturated heterocycles. The number of rotatable bonds is 4. The van der Waals surface area contributed by atoms with Crippen LogP contribution in [0.25, 0.3) is 22.2 Å². The molecule has 6 rings (SSSR count). The molecule has 5 aromatic rings. The van der Waals surface area contributed by atoms with Crippen molar-refractivity contribution in [1.82, 2.24) is 9.78 Å². The highest BCUT2D eigenvalue weighted by Crippen LogP contribution is 2.39. The Labute approximate surface area is 226 Å². The lowest BCUT2D eigenvalue weighted by molar-refractivity contribution is 0.0951. The second kappa shape index (κ2) is 8.74. The predicted molar refractivity (Wildman–Crippen MR) is 151 cm³/mol. The molecule has 0 amide bonds. The molecule has 194 valence electrons. The average molecular weight is 536 g/mol. The number of nitrogens with zero attached hydrogens (tertiary/aromatic N) is 2. The summed E-state index contributed by atoms with van der Waals surface area (Å²) in [6.07, 6.45) is 0. The van der Waals surface area contributed by atoms with Gasteiger partial charge in [-0.15, -0.1) is 0 Å². The number of aryl methyl sites for hydroxylation is 2. The van der Waals surface area contributed by atoms with Crippen molar-refractivity contribution >= 4 is 38.3 Å². The molecule has 39 heavy (non-hydrogen) atoms. The van der Waals surface area contributed by atoms with Crippen molar-refractivity contribution in [2.75, 3.05) is 4.72 Å². The fourth-order valence-electron chi connectivity index (χ4n) is 5.39. The van der Waals surface area contributed by atoms with Gasteiger partial charge in [-0.2, -0.15) is 9.78 Å². The fourth-order valence-corrected chi connectivity index (χ4v) is 7.08. The zero-order valence-electron chi connectivity index (χ0n) is 21.9. The maximum absolute atomic E-state index is 14.0. The summed E-state index contributed by atoms with van der Waals surface area (Å²) in [5.41, 5.74) is 6.04. The summed E-state index contributed by atoms with van der Waals surface area (Å²) in [7, 11) is -4.02. The summed E-state index contributed by atoms with van der Waals surface area (Å²) in [5.74, 6) is -0.634. The molecule has 0 spiro atoms. The Hall–Kier alpha value is -4.56. The lowest BCUT2D eigenvalue weighted by Crippen LogP contribution is -2.21. The first-order valence-corrected chi connectivity index (χ1v) is 14.0. The van der Waals surface area contributed by atoms with E-state index in [0.717, 1.165) is 11.1 Å². The van der Waals surface area contributed by atoms with Crippen LogP contribution in [0.5, 0.6) is 0 Å². The van der Waals surface area contributed by atoms with Gasteiger partial charge in [-0.25, -0.2) is 8.42 Å². The zero-order valence-corrected chi connectivity index (χ0v) is 22.7. The van der Waals surface area contributed by atoms with Crippen LogP contribution in [0.15, 0.2) is 77.7 Å². The van der Waals surface area contributed by atoms with E-state index in [2.05, 4.69) is 9.82 Å². The Bertz CT molecular complexity index is 1960. The first kappa shape index (κ1) is 24.8. The van der Waals surface area contributed by atoms with Gasteiger partial charge in [-0.1, -0.05) is 54.6 Å². The number of nitrogens with one attached hydrogen (secondary N) is 1. The van der Waals surface area contributed by atoms with Crippen molar-refractivity contribution in [3.8, 4) is 11.3 Å². The van der Waals surface area contributed by atoms with Crippen molar-refractivity contribution in [1.29, 1.82) is 0 Å². The summed E-state index contributed by atoms with van der Waals surface area (Å²) in [4.78, 5) is 27.4. The van der Waals surface area contributed by atoms with E-state index in [1.165, 1.54) is 4.68 Å². The van der Waals surface area contributed by atoms with E-state index in [1.807, 2.05) is 32.0 Å². The standard InChI is InChI=1S/C31H25N3O4S/c1-17-16-18(2)20(4)30(19(17)3)39(37,38)33-25-14-8-7-12-23(25)31(36)34-26-15-9-13-24-27(26)28(32-34)21-10-5-6-11-22(21)29(24)35/h5-16,33H,1-4H3. The van der Waals surface area contributed by atoms with Gasteiger partial charge in [0.15, 0.2) is 5.78 Å². The number of aromatic nitrogens is 2. The number of anilines is 1. The fraction of sp³-hybridized carbons (Fsp3) is 0.129. The molecule has 1 aromatic heterocycles. The van der Waals surface area contributed by atoms with Crippen molar-refractivity contribution in [2.24, 2.45) is 0 Å². The van der Waals surface area contributed by atoms with E-state index in [-0.39, 0.29) is 21.9 Å². The van der Waals surface area contributed by atoms with E-state index < -0.39 is 15.9 Å². The number of hydrogen-bond acceptors (Lipinski definition) is 5. The smallest absolute Gasteiger partial charge is 0.280 e. The number of sulfonamides is 1. The summed E-state index contributed by atoms with van der Waals surface area (Å²) in [6, 6.07) is 20.8. The van der Waals surface area contributed by atoms with Crippen molar-refractivity contribution in [3.05, 3.63) is 112 Å². The normalized spacial score (nSPS) is 12.5. The van der Waals surface area contributed by atoms with E-state index in [0.29, 0.717) is 44.4 Å². The first-order chi connectivity index (χ1) is 18.6. The van der Waals surface area contributed by atoms with Crippen LogP contribution in [0.2, 0.25) is 0 Å². The topological polar surface area (TPSA) is 98.1 Å². The Balaban J connectivity index is 1.49. The Kier molecular flexibility index (Phi) is 5.55. The van der Waals surface area contributed by atoms with Crippen molar-refractivity contribution in [2.45, 2.75) is 32.6 Å². The average Bonchev–Trinajstić information content (AvgIpc) is 3.31. The molecular weight excluding hydrogens is 510 g/mol. The molecule has 0 atom stereocenters. The molecular formula is C31H25N3O4S. The third-order valence-corrected chi connectivity index (χ3v) is 9.18. The molecule has 0 aliphatic heterocycles. The highest BCUT2D eigenvalue weighted by molar-refractivity contribution is 7.92. The maximum atomic E-state index is 14.0. The second-order valence-electron chi connectivity index (χ2n) is 9.88. The van der Waals surface area contributed by atoms with Gasteiger partial charge in [0.2, 0.25) is 0 Å². The summed E-state index contributed by atoms with van der Waals surface area (Å²) in [6.45, 7) is 7.32. The van der Waals surface area contributed by atoms with Gasteiger partial charge in [0, 0.05) is 22.1 Å². The van der Waals surface area contributed by atoms with Crippen molar-refractivity contribution < 1.29 is 18.0 Å². The molecule has 4 aromatic carbocycles. The van der Waals surface area contributed by atoms with Gasteiger partial charge in [-0.05, 0) is 68.1 Å². The van der Waals surface area contributed by atoms with Gasteiger partial charge in [0.25, 0.3) is 15.9 Å². The minimum atomic E-state index is -4.02. The van der Waals surface area contributed by atoms with E-state index in [9.17, 15) is 18.0 Å². The van der Waals surface area contributed by atoms with Gasteiger partial charge in [0.05, 0.1) is 21.7 Å². The van der Waals surface area contributed by atoms with Crippen LogP contribution in [-0.4, -0.2) is 29.9 Å². The monoisotopic (exact) mass is 535 g/mol. The van der Waals surface area contributed by atoms with E-state index in [4.69, 9.17) is 0 Å². The Morgan fingerprint density at radius 2 is 1.41 bits per heavy atom. The quantitative estimate of drug-likeness (QED) is 0.300. The number of benzene rings is 4. The van der Waals surface area contributed by atoms with Gasteiger partial charge < -0.3 is 0 Å². The SMILES string of the molecule is Cc1cc(C)c(C)c(S(=O)(=O)Nc2ccccc2C(=O)n2nc3c4c(cccc42)C(=O)c2ccccc2-3)c1C. The highest BCUT2D eigenvalue weighted by atomic mass is 32.2. The van der Waals surface area contributed by atoms with Gasteiger partial charge in [0.1, 0.15) is 5.69 Å². The minimum absolute atomic E-state index is 0.122. The molecule has 1 heterocycles. The molecule has 1 aliphatic rings. The number of fused-ring (bicyclic) bond motifs is 2. The van der Waals surface area contributed by atoms with Crippen LogP contribution in [0.1, 0.15) is 48.5 Å². The maximum Gasteiger partial charge on any atom is 0.280 e. The van der Waals surface area contributed by atoms with E-state index >= 15 is 0 Å². The van der Waals surface area contributed by atoms with Crippen LogP contribution in [-0.2, 0) is 10.0 Å². The summed E-state index contributed by atoms with van der Waals surface area (Å²) < 4.78 is 31.2. The molecule has 1 N–H and O–H groups in total.